The van der Waals surface area contributed by atoms with Crippen LogP contribution in [-0.4, -0.2) is 15.2 Å². The molecule has 1 heterocycles. The van der Waals surface area contributed by atoms with E-state index in [0.29, 0.717) is 11.3 Å². The number of hydrogen-bond donors (Lipinski definition) is 0. The van der Waals surface area contributed by atoms with E-state index in [2.05, 4.69) is 18.1 Å². The summed E-state index contributed by atoms with van der Waals surface area (Å²) in [5.74, 6) is 1.62. The van der Waals surface area contributed by atoms with Gasteiger partial charge in [-0.2, -0.15) is 5.10 Å². The Hall–Kier alpha value is -0.500. The van der Waals surface area contributed by atoms with Crippen molar-refractivity contribution in [3.8, 4) is 0 Å². The van der Waals surface area contributed by atoms with Crippen LogP contribution >= 0.6 is 11.6 Å². The molecule has 1 aromatic heterocycles. The number of aromatic nitrogens is 2. The van der Waals surface area contributed by atoms with E-state index in [-0.39, 0.29) is 0 Å². The average Bonchev–Trinajstić information content (AvgIpc) is 2.76. The molecule has 0 amide bonds. The lowest BCUT2D eigenvalue weighted by Gasteiger charge is -2.33. The van der Waals surface area contributed by atoms with Gasteiger partial charge < -0.3 is 0 Å². The second-order valence-corrected chi connectivity index (χ2v) is 6.29. The Morgan fingerprint density at radius 3 is 2.89 bits per heavy atom. The molecule has 3 atom stereocenters. The predicted molar refractivity (Wildman–Crippen MR) is 76.9 cm³/mol. The van der Waals surface area contributed by atoms with Crippen LogP contribution in [0, 0.1) is 11.8 Å². The summed E-state index contributed by atoms with van der Waals surface area (Å²) < 4.78 is 1.98. The zero-order chi connectivity index (χ0) is 13.0. The summed E-state index contributed by atoms with van der Waals surface area (Å²) in [6.45, 7) is 2.29. The molecule has 0 spiro atoms. The third-order valence-corrected chi connectivity index (χ3v) is 4.96. The molecule has 1 saturated carbocycles. The molecule has 102 valence electrons. The SMILES string of the molecule is CCCC1CCC(Cl)C(CCc2ccnn2C)C1. The molecule has 3 heteroatoms. The molecule has 0 aliphatic heterocycles. The number of halogens is 1. The highest BCUT2D eigenvalue weighted by atomic mass is 35.5. The standard InChI is InChI=1S/C15H25ClN2/c1-3-4-12-5-8-15(16)13(11-12)6-7-14-9-10-17-18(14)2/h9-10,12-13,15H,3-8,11H2,1-2H3. The molecule has 1 fully saturated rings. The van der Waals surface area contributed by atoms with E-state index < -0.39 is 0 Å². The molecule has 2 nitrogen and oxygen atoms in total. The lowest BCUT2D eigenvalue weighted by Crippen LogP contribution is -2.26. The molecule has 3 unspecified atom stereocenters. The second-order valence-electron chi connectivity index (χ2n) is 5.73. The van der Waals surface area contributed by atoms with Crippen LogP contribution in [0.25, 0.3) is 0 Å². The van der Waals surface area contributed by atoms with Crippen molar-refractivity contribution < 1.29 is 0 Å². The lowest BCUT2D eigenvalue weighted by atomic mass is 9.77. The maximum Gasteiger partial charge on any atom is 0.0492 e. The summed E-state index contributed by atoms with van der Waals surface area (Å²) in [5.41, 5.74) is 1.33. The van der Waals surface area contributed by atoms with Gasteiger partial charge >= 0.3 is 0 Å². The number of rotatable bonds is 5. The van der Waals surface area contributed by atoms with Gasteiger partial charge in [0.1, 0.15) is 0 Å². The summed E-state index contributed by atoms with van der Waals surface area (Å²) >= 11 is 6.51. The summed E-state index contributed by atoms with van der Waals surface area (Å²) in [6, 6.07) is 2.12. The highest BCUT2D eigenvalue weighted by Crippen LogP contribution is 2.37. The zero-order valence-corrected chi connectivity index (χ0v) is 12.4. The van der Waals surface area contributed by atoms with Crippen LogP contribution < -0.4 is 0 Å². The zero-order valence-electron chi connectivity index (χ0n) is 11.6. The molecule has 2 rings (SSSR count). The Balaban J connectivity index is 1.85. The minimum Gasteiger partial charge on any atom is -0.273 e. The van der Waals surface area contributed by atoms with Crippen LogP contribution in [-0.2, 0) is 13.5 Å². The van der Waals surface area contributed by atoms with Gasteiger partial charge in [-0.1, -0.05) is 19.8 Å². The molecular formula is C15H25ClN2. The van der Waals surface area contributed by atoms with Gasteiger partial charge in [-0.15, -0.1) is 11.6 Å². The largest absolute Gasteiger partial charge is 0.273 e. The lowest BCUT2D eigenvalue weighted by molar-refractivity contribution is 0.247. The van der Waals surface area contributed by atoms with Gasteiger partial charge in [-0.05, 0) is 50.0 Å². The number of alkyl halides is 1. The van der Waals surface area contributed by atoms with Gasteiger partial charge in [0.2, 0.25) is 0 Å². The monoisotopic (exact) mass is 268 g/mol. The fraction of sp³-hybridized carbons (Fsp3) is 0.800. The quantitative estimate of drug-likeness (QED) is 0.733. The molecule has 1 aromatic rings. The van der Waals surface area contributed by atoms with Gasteiger partial charge in [0, 0.05) is 24.3 Å². The van der Waals surface area contributed by atoms with Gasteiger partial charge in [0.15, 0.2) is 0 Å². The first kappa shape index (κ1) is 13.9. The molecule has 0 bridgehead atoms. The van der Waals surface area contributed by atoms with E-state index in [1.54, 1.807) is 0 Å². The highest BCUT2D eigenvalue weighted by Gasteiger charge is 2.28. The predicted octanol–water partition coefficient (Wildman–Crippen LogP) is 4.18. The number of nitrogens with zero attached hydrogens (tertiary/aromatic N) is 2. The smallest absolute Gasteiger partial charge is 0.0492 e. The molecule has 1 aliphatic carbocycles. The van der Waals surface area contributed by atoms with Crippen LogP contribution in [0.1, 0.15) is 51.1 Å². The maximum absolute atomic E-state index is 6.51. The Morgan fingerprint density at radius 2 is 2.22 bits per heavy atom. The molecule has 0 saturated heterocycles. The Bertz CT molecular complexity index is 361. The average molecular weight is 269 g/mol. The minimum absolute atomic E-state index is 0.395. The van der Waals surface area contributed by atoms with Crippen molar-refractivity contribution in [1.29, 1.82) is 0 Å². The minimum atomic E-state index is 0.395. The summed E-state index contributed by atoms with van der Waals surface area (Å²) in [4.78, 5) is 0. The van der Waals surface area contributed by atoms with Crippen molar-refractivity contribution in [2.75, 3.05) is 0 Å². The Labute approximate surface area is 116 Å². The van der Waals surface area contributed by atoms with E-state index in [4.69, 9.17) is 11.6 Å². The summed E-state index contributed by atoms with van der Waals surface area (Å²) in [6.07, 6.45) is 10.8. The summed E-state index contributed by atoms with van der Waals surface area (Å²) in [7, 11) is 2.02. The van der Waals surface area contributed by atoms with Crippen molar-refractivity contribution >= 4 is 11.6 Å². The van der Waals surface area contributed by atoms with Crippen LogP contribution in [0.5, 0.6) is 0 Å². The number of aryl methyl sites for hydroxylation is 2. The first-order chi connectivity index (χ1) is 8.70. The van der Waals surface area contributed by atoms with E-state index in [9.17, 15) is 0 Å². The fourth-order valence-electron chi connectivity index (χ4n) is 3.27. The second kappa shape index (κ2) is 6.60. The van der Waals surface area contributed by atoms with Crippen LogP contribution in [0.15, 0.2) is 12.3 Å². The maximum atomic E-state index is 6.51. The Kier molecular flexibility index (Phi) is 5.11. The van der Waals surface area contributed by atoms with Crippen molar-refractivity contribution in [2.45, 2.75) is 57.2 Å². The normalized spacial score (nSPS) is 28.5. The van der Waals surface area contributed by atoms with E-state index in [1.165, 1.54) is 44.2 Å². The van der Waals surface area contributed by atoms with Crippen molar-refractivity contribution in [1.82, 2.24) is 9.78 Å². The van der Waals surface area contributed by atoms with Crippen LogP contribution in [0.3, 0.4) is 0 Å². The van der Waals surface area contributed by atoms with Gasteiger partial charge in [0.05, 0.1) is 0 Å². The van der Waals surface area contributed by atoms with Gasteiger partial charge in [0.25, 0.3) is 0 Å². The third-order valence-electron chi connectivity index (χ3n) is 4.39. The van der Waals surface area contributed by atoms with Crippen LogP contribution in [0.4, 0.5) is 0 Å². The molecule has 1 aliphatic rings. The molecule has 18 heavy (non-hydrogen) atoms. The summed E-state index contributed by atoms with van der Waals surface area (Å²) in [5, 5.41) is 4.62. The van der Waals surface area contributed by atoms with Crippen molar-refractivity contribution in [3.63, 3.8) is 0 Å². The van der Waals surface area contributed by atoms with E-state index >= 15 is 0 Å². The topological polar surface area (TPSA) is 17.8 Å². The third kappa shape index (κ3) is 3.50. The highest BCUT2D eigenvalue weighted by molar-refractivity contribution is 6.20. The first-order valence-corrected chi connectivity index (χ1v) is 7.75. The van der Waals surface area contributed by atoms with Crippen molar-refractivity contribution in [2.24, 2.45) is 18.9 Å². The molecular weight excluding hydrogens is 244 g/mol. The van der Waals surface area contributed by atoms with Crippen LogP contribution in [0.2, 0.25) is 0 Å². The number of hydrogen-bond acceptors (Lipinski definition) is 1. The first-order valence-electron chi connectivity index (χ1n) is 7.31. The fourth-order valence-corrected chi connectivity index (χ4v) is 3.63. The van der Waals surface area contributed by atoms with Gasteiger partial charge in [-0.3, -0.25) is 4.68 Å². The van der Waals surface area contributed by atoms with E-state index in [1.807, 2.05) is 17.9 Å². The van der Waals surface area contributed by atoms with E-state index in [0.717, 1.165) is 12.3 Å². The molecule has 0 aromatic carbocycles. The van der Waals surface area contributed by atoms with Gasteiger partial charge in [-0.25, -0.2) is 0 Å². The molecule has 0 N–H and O–H groups in total. The Morgan fingerprint density at radius 1 is 1.39 bits per heavy atom. The van der Waals surface area contributed by atoms with Crippen molar-refractivity contribution in [3.05, 3.63) is 18.0 Å². The molecule has 0 radical (unpaired) electrons.